The summed E-state index contributed by atoms with van der Waals surface area (Å²) in [6, 6.07) is 5.93. The molecule has 18 heavy (non-hydrogen) atoms. The highest BCUT2D eigenvalue weighted by Crippen LogP contribution is 2.27. The van der Waals surface area contributed by atoms with Crippen LogP contribution in [0.2, 0.25) is 0 Å². The van der Waals surface area contributed by atoms with Crippen LogP contribution >= 0.6 is 10.7 Å². The third-order valence-corrected chi connectivity index (χ3v) is 3.79. The zero-order valence-corrected chi connectivity index (χ0v) is 10.8. The Labute approximate surface area is 108 Å². The van der Waals surface area contributed by atoms with Gasteiger partial charge in [-0.1, -0.05) is 12.1 Å². The first-order chi connectivity index (χ1) is 8.45. The van der Waals surface area contributed by atoms with Gasteiger partial charge in [0.1, 0.15) is 0 Å². The molecule has 0 spiro atoms. The molecule has 94 valence electrons. The number of hydrogen-bond donors (Lipinski definition) is 0. The summed E-state index contributed by atoms with van der Waals surface area (Å²) >= 11 is 0. The van der Waals surface area contributed by atoms with Crippen LogP contribution in [0.15, 0.2) is 35.4 Å². The van der Waals surface area contributed by atoms with Crippen LogP contribution in [0.3, 0.4) is 0 Å². The second-order valence-corrected chi connectivity index (χ2v) is 5.97. The molecule has 0 saturated heterocycles. The average Bonchev–Trinajstić information content (AvgIpc) is 2.35. The number of hydrogen-bond acceptors (Lipinski definition) is 5. The lowest BCUT2D eigenvalue weighted by Crippen LogP contribution is -2.05. The van der Waals surface area contributed by atoms with Crippen molar-refractivity contribution in [3.8, 4) is 0 Å². The molecule has 0 unspecified atom stereocenters. The van der Waals surface area contributed by atoms with Crippen LogP contribution in [-0.4, -0.2) is 26.5 Å². The van der Waals surface area contributed by atoms with E-state index in [9.17, 15) is 13.2 Å². The molecule has 0 fully saturated rings. The van der Waals surface area contributed by atoms with E-state index < -0.39 is 15.0 Å². The predicted octanol–water partition coefficient (Wildman–Crippen LogP) is 1.95. The van der Waals surface area contributed by atoms with E-state index in [4.69, 9.17) is 10.7 Å². The molecular formula is C11H8ClNO4S. The Bertz CT molecular complexity index is 727. The summed E-state index contributed by atoms with van der Waals surface area (Å²) in [6.45, 7) is 0. The zero-order valence-electron chi connectivity index (χ0n) is 9.25. The molecule has 0 amide bonds. The first-order valence-electron chi connectivity index (χ1n) is 4.86. The first-order valence-corrected chi connectivity index (χ1v) is 7.17. The molecular weight excluding hydrogens is 278 g/mol. The number of nitrogens with zero attached hydrogens (tertiary/aromatic N) is 1. The van der Waals surface area contributed by atoms with Gasteiger partial charge in [-0.3, -0.25) is 0 Å². The zero-order chi connectivity index (χ0) is 13.3. The Morgan fingerprint density at radius 2 is 2.00 bits per heavy atom. The van der Waals surface area contributed by atoms with Gasteiger partial charge >= 0.3 is 5.97 Å². The minimum Gasteiger partial charge on any atom is -0.464 e. The lowest BCUT2D eigenvalue weighted by Gasteiger charge is -2.06. The topological polar surface area (TPSA) is 73.3 Å². The molecule has 0 N–H and O–H groups in total. The van der Waals surface area contributed by atoms with E-state index in [-0.39, 0.29) is 10.6 Å². The van der Waals surface area contributed by atoms with Crippen molar-refractivity contribution in [3.05, 3.63) is 36.2 Å². The summed E-state index contributed by atoms with van der Waals surface area (Å²) in [5, 5.41) is 0.717. The van der Waals surface area contributed by atoms with E-state index in [1.54, 1.807) is 6.07 Å². The van der Waals surface area contributed by atoms with E-state index in [0.29, 0.717) is 10.8 Å². The maximum absolute atomic E-state index is 11.5. The van der Waals surface area contributed by atoms with Crippen LogP contribution in [-0.2, 0) is 13.8 Å². The fourth-order valence-electron chi connectivity index (χ4n) is 1.65. The summed E-state index contributed by atoms with van der Waals surface area (Å²) in [5.41, 5.74) is 0.0529. The molecule has 2 aromatic rings. The average molecular weight is 286 g/mol. The van der Waals surface area contributed by atoms with E-state index in [2.05, 4.69) is 9.72 Å². The number of aromatic nitrogens is 1. The number of pyridine rings is 1. The maximum Gasteiger partial charge on any atom is 0.357 e. The van der Waals surface area contributed by atoms with Gasteiger partial charge in [0.05, 0.1) is 12.0 Å². The number of rotatable bonds is 2. The first kappa shape index (κ1) is 12.8. The van der Waals surface area contributed by atoms with Crippen LogP contribution in [0.25, 0.3) is 10.8 Å². The SMILES string of the molecule is COC(=O)c1nccc2c(S(=O)(=O)Cl)cccc12. The van der Waals surface area contributed by atoms with Gasteiger partial charge < -0.3 is 4.74 Å². The fourth-order valence-corrected chi connectivity index (χ4v) is 2.74. The summed E-state index contributed by atoms with van der Waals surface area (Å²) in [4.78, 5) is 15.3. The highest BCUT2D eigenvalue weighted by molar-refractivity contribution is 8.14. The molecule has 0 aliphatic carbocycles. The largest absolute Gasteiger partial charge is 0.464 e. The molecule has 7 heteroatoms. The molecule has 0 aliphatic heterocycles. The quantitative estimate of drug-likeness (QED) is 0.623. The monoisotopic (exact) mass is 285 g/mol. The fraction of sp³-hybridized carbons (Fsp3) is 0.0909. The van der Waals surface area contributed by atoms with Gasteiger partial charge in [0, 0.05) is 27.7 Å². The number of halogens is 1. The van der Waals surface area contributed by atoms with Crippen molar-refractivity contribution in [1.82, 2.24) is 4.98 Å². The number of ether oxygens (including phenoxy) is 1. The van der Waals surface area contributed by atoms with Crippen molar-refractivity contribution >= 4 is 36.5 Å². The van der Waals surface area contributed by atoms with E-state index in [1.165, 1.54) is 31.5 Å². The molecule has 1 aromatic heterocycles. The summed E-state index contributed by atoms with van der Waals surface area (Å²) in [7, 11) is 2.68. The molecule has 0 aliphatic rings. The van der Waals surface area contributed by atoms with Crippen molar-refractivity contribution in [2.45, 2.75) is 4.90 Å². The Morgan fingerprint density at radius 1 is 1.28 bits per heavy atom. The smallest absolute Gasteiger partial charge is 0.357 e. The Hall–Kier alpha value is -1.66. The van der Waals surface area contributed by atoms with E-state index in [1.807, 2.05) is 0 Å². The highest BCUT2D eigenvalue weighted by Gasteiger charge is 2.18. The summed E-state index contributed by atoms with van der Waals surface area (Å²) in [5.74, 6) is -0.635. The molecule has 1 heterocycles. The molecule has 0 bridgehead atoms. The Morgan fingerprint density at radius 3 is 2.61 bits per heavy atom. The van der Waals surface area contributed by atoms with Gasteiger partial charge in [0.2, 0.25) is 0 Å². The van der Waals surface area contributed by atoms with Crippen LogP contribution in [0, 0.1) is 0 Å². The van der Waals surface area contributed by atoms with E-state index in [0.717, 1.165) is 0 Å². The van der Waals surface area contributed by atoms with Crippen LogP contribution in [0.1, 0.15) is 10.5 Å². The molecule has 0 radical (unpaired) electrons. The van der Waals surface area contributed by atoms with Gasteiger partial charge in [-0.2, -0.15) is 0 Å². The Kier molecular flexibility index (Phi) is 3.23. The number of benzene rings is 1. The van der Waals surface area contributed by atoms with Crippen LogP contribution < -0.4 is 0 Å². The van der Waals surface area contributed by atoms with Gasteiger partial charge in [-0.25, -0.2) is 18.2 Å². The van der Waals surface area contributed by atoms with Gasteiger partial charge in [0.15, 0.2) is 5.69 Å². The van der Waals surface area contributed by atoms with Crippen molar-refractivity contribution in [2.75, 3.05) is 7.11 Å². The standard InChI is InChI=1S/C11H8ClNO4S/c1-17-11(14)10-8-3-2-4-9(18(12,15)16)7(8)5-6-13-10/h2-6H,1H3. The van der Waals surface area contributed by atoms with E-state index >= 15 is 0 Å². The second kappa shape index (κ2) is 4.55. The van der Waals surface area contributed by atoms with Gasteiger partial charge in [-0.15, -0.1) is 0 Å². The second-order valence-electron chi connectivity index (χ2n) is 3.44. The Balaban J connectivity index is 2.86. The van der Waals surface area contributed by atoms with Gasteiger partial charge in [-0.05, 0) is 12.1 Å². The van der Waals surface area contributed by atoms with Crippen LogP contribution in [0.4, 0.5) is 0 Å². The highest BCUT2D eigenvalue weighted by atomic mass is 35.7. The molecule has 0 saturated carbocycles. The molecule has 0 atom stereocenters. The normalized spacial score (nSPS) is 11.4. The maximum atomic E-state index is 11.5. The number of carbonyl (C=O) groups is 1. The minimum absolute atomic E-state index is 0.0529. The predicted molar refractivity (Wildman–Crippen MR) is 66.1 cm³/mol. The number of fused-ring (bicyclic) bond motifs is 1. The third-order valence-electron chi connectivity index (χ3n) is 2.41. The lowest BCUT2D eigenvalue weighted by atomic mass is 10.1. The van der Waals surface area contributed by atoms with Gasteiger partial charge in [0.25, 0.3) is 9.05 Å². The number of methoxy groups -OCH3 is 1. The van der Waals surface area contributed by atoms with Crippen molar-refractivity contribution in [1.29, 1.82) is 0 Å². The third kappa shape index (κ3) is 2.16. The van der Waals surface area contributed by atoms with Crippen LogP contribution in [0.5, 0.6) is 0 Å². The molecule has 1 aromatic carbocycles. The lowest BCUT2D eigenvalue weighted by molar-refractivity contribution is 0.0596. The number of esters is 1. The summed E-state index contributed by atoms with van der Waals surface area (Å²) < 4.78 is 27.4. The molecule has 5 nitrogen and oxygen atoms in total. The van der Waals surface area contributed by atoms with Crippen molar-refractivity contribution in [2.24, 2.45) is 0 Å². The summed E-state index contributed by atoms with van der Waals surface area (Å²) in [6.07, 6.45) is 1.33. The number of carbonyl (C=O) groups excluding carboxylic acids is 1. The molecule has 2 rings (SSSR count). The van der Waals surface area contributed by atoms with Crippen molar-refractivity contribution < 1.29 is 17.9 Å². The van der Waals surface area contributed by atoms with Crippen molar-refractivity contribution in [3.63, 3.8) is 0 Å². The minimum atomic E-state index is -3.89.